The van der Waals surface area contributed by atoms with Crippen molar-refractivity contribution in [1.29, 1.82) is 0 Å². The Morgan fingerprint density at radius 3 is 2.02 bits per heavy atom. The van der Waals surface area contributed by atoms with Gasteiger partial charge in [0.05, 0.1) is 24.6 Å². The molecule has 0 spiro atoms. The summed E-state index contributed by atoms with van der Waals surface area (Å²) in [6.45, 7) is 1.94. The van der Waals surface area contributed by atoms with Gasteiger partial charge in [0, 0.05) is 5.69 Å². The number of hydrogen-bond acceptors (Lipinski definition) is 6. The first-order valence-electron chi connectivity index (χ1n) is 12.8. The van der Waals surface area contributed by atoms with Crippen LogP contribution in [-0.4, -0.2) is 38.9 Å². The second-order valence-electron chi connectivity index (χ2n) is 9.31. The molecule has 208 valence electrons. The number of nitrogens with one attached hydrogen (secondary N) is 2. The maximum absolute atomic E-state index is 14.2. The zero-order valence-electron chi connectivity index (χ0n) is 22.4. The standard InChI is InChI=1S/C31H33N3O5S/c1-23-11-9-10-16-29(23)40(37,38)33-31(36)32-28(21-24-12-5-3-6-13-24)30(35)34(22-25-14-7-4-8-15-25)26-17-19-27(39-2)20-18-26/h3-20,28,31-33,36H,21-22H2,1-2H3. The van der Waals surface area contributed by atoms with Crippen molar-refractivity contribution in [3.8, 4) is 5.75 Å². The summed E-state index contributed by atoms with van der Waals surface area (Å²) in [5.41, 5.74) is 2.92. The molecule has 0 aliphatic heterocycles. The maximum atomic E-state index is 14.2. The van der Waals surface area contributed by atoms with Crippen LogP contribution in [0.2, 0.25) is 0 Å². The lowest BCUT2D eigenvalue weighted by molar-refractivity contribution is -0.121. The van der Waals surface area contributed by atoms with E-state index in [4.69, 9.17) is 4.74 Å². The number of sulfonamides is 1. The number of hydrogen-bond donors (Lipinski definition) is 3. The van der Waals surface area contributed by atoms with Gasteiger partial charge in [-0.15, -0.1) is 0 Å². The fourth-order valence-electron chi connectivity index (χ4n) is 4.37. The second-order valence-corrected chi connectivity index (χ2v) is 11.0. The number of rotatable bonds is 12. The van der Waals surface area contributed by atoms with Gasteiger partial charge in [-0.2, -0.15) is 4.72 Å². The molecule has 0 aliphatic carbocycles. The predicted octanol–water partition coefficient (Wildman–Crippen LogP) is 3.99. The summed E-state index contributed by atoms with van der Waals surface area (Å²) in [7, 11) is -2.49. The van der Waals surface area contributed by atoms with Gasteiger partial charge in [0.1, 0.15) is 5.75 Å². The van der Waals surface area contributed by atoms with E-state index >= 15 is 0 Å². The molecule has 0 heterocycles. The molecule has 0 saturated carbocycles. The van der Waals surface area contributed by atoms with Gasteiger partial charge in [-0.1, -0.05) is 78.9 Å². The number of methoxy groups -OCH3 is 1. The van der Waals surface area contributed by atoms with E-state index in [1.54, 1.807) is 61.4 Å². The van der Waals surface area contributed by atoms with Gasteiger partial charge in [0.2, 0.25) is 15.9 Å². The molecule has 2 unspecified atom stereocenters. The predicted molar refractivity (Wildman–Crippen MR) is 155 cm³/mol. The highest BCUT2D eigenvalue weighted by molar-refractivity contribution is 7.89. The number of aliphatic hydroxyl groups excluding tert-OH is 1. The zero-order valence-corrected chi connectivity index (χ0v) is 23.2. The third kappa shape index (κ3) is 7.55. The SMILES string of the molecule is COc1ccc(N(Cc2ccccc2)C(=O)C(Cc2ccccc2)NC(O)NS(=O)(=O)c2ccccc2C)cc1. The Labute approximate surface area is 235 Å². The molecule has 0 bridgehead atoms. The number of carbonyl (C=O) groups is 1. The first-order valence-corrected chi connectivity index (χ1v) is 14.3. The summed E-state index contributed by atoms with van der Waals surface area (Å²) in [5, 5.41) is 13.7. The average molecular weight is 560 g/mol. The van der Waals surface area contributed by atoms with Crippen LogP contribution in [0.1, 0.15) is 16.7 Å². The topological polar surface area (TPSA) is 108 Å². The Bertz CT molecular complexity index is 1500. The lowest BCUT2D eigenvalue weighted by Crippen LogP contribution is -2.56. The number of nitrogens with zero attached hydrogens (tertiary/aromatic N) is 1. The highest BCUT2D eigenvalue weighted by Crippen LogP contribution is 2.23. The molecule has 0 fully saturated rings. The molecule has 8 nitrogen and oxygen atoms in total. The fraction of sp³-hybridized carbons (Fsp3) is 0.194. The Kier molecular flexibility index (Phi) is 9.68. The molecule has 3 N–H and O–H groups in total. The molecular formula is C31H33N3O5S. The highest BCUT2D eigenvalue weighted by Gasteiger charge is 2.30. The molecule has 0 aliphatic rings. The molecule has 4 rings (SSSR count). The number of benzene rings is 4. The Balaban J connectivity index is 1.64. The van der Waals surface area contributed by atoms with Crippen LogP contribution in [0.15, 0.2) is 114 Å². The Morgan fingerprint density at radius 1 is 0.850 bits per heavy atom. The summed E-state index contributed by atoms with van der Waals surface area (Å²) in [4.78, 5) is 15.8. The molecule has 9 heteroatoms. The van der Waals surface area contributed by atoms with Crippen molar-refractivity contribution in [1.82, 2.24) is 10.0 Å². The van der Waals surface area contributed by atoms with Gasteiger partial charge < -0.3 is 14.7 Å². The molecule has 0 saturated heterocycles. The van der Waals surface area contributed by atoms with Gasteiger partial charge in [-0.05, 0) is 60.4 Å². The van der Waals surface area contributed by atoms with Gasteiger partial charge in [0.15, 0.2) is 6.35 Å². The quantitative estimate of drug-likeness (QED) is 0.227. The highest BCUT2D eigenvalue weighted by atomic mass is 32.2. The summed E-state index contributed by atoms with van der Waals surface area (Å²) in [6, 6.07) is 31.5. The smallest absolute Gasteiger partial charge is 0.244 e. The van der Waals surface area contributed by atoms with Crippen LogP contribution >= 0.6 is 0 Å². The second kappa shape index (κ2) is 13.4. The molecule has 4 aromatic rings. The molecule has 0 aromatic heterocycles. The number of aliphatic hydroxyl groups is 1. The van der Waals surface area contributed by atoms with E-state index in [1.165, 1.54) is 6.07 Å². The van der Waals surface area contributed by atoms with E-state index in [9.17, 15) is 18.3 Å². The van der Waals surface area contributed by atoms with Crippen LogP contribution < -0.4 is 19.7 Å². The molecular weight excluding hydrogens is 526 g/mol. The fourth-order valence-corrected chi connectivity index (χ4v) is 5.61. The Hall–Kier alpha value is -4.02. The molecule has 40 heavy (non-hydrogen) atoms. The number of carbonyl (C=O) groups excluding carboxylic acids is 1. The molecule has 1 amide bonds. The molecule has 2 atom stereocenters. The van der Waals surface area contributed by atoms with Crippen molar-refractivity contribution in [2.75, 3.05) is 12.0 Å². The third-order valence-corrected chi connectivity index (χ3v) is 7.99. The number of amides is 1. The van der Waals surface area contributed by atoms with Crippen molar-refractivity contribution in [2.45, 2.75) is 37.2 Å². The summed E-state index contributed by atoms with van der Waals surface area (Å²) < 4.78 is 33.6. The lowest BCUT2D eigenvalue weighted by atomic mass is 10.0. The van der Waals surface area contributed by atoms with Gasteiger partial charge >= 0.3 is 0 Å². The number of anilines is 1. The van der Waals surface area contributed by atoms with E-state index in [2.05, 4.69) is 10.0 Å². The van der Waals surface area contributed by atoms with Gasteiger partial charge in [-0.3, -0.25) is 10.1 Å². The van der Waals surface area contributed by atoms with Crippen molar-refractivity contribution in [2.24, 2.45) is 0 Å². The van der Waals surface area contributed by atoms with Crippen LogP contribution in [0.3, 0.4) is 0 Å². The van der Waals surface area contributed by atoms with Crippen LogP contribution in [-0.2, 0) is 27.8 Å². The first kappa shape index (κ1) is 29.0. The minimum absolute atomic E-state index is 0.0470. The minimum atomic E-state index is -4.06. The van der Waals surface area contributed by atoms with Crippen LogP contribution in [0.4, 0.5) is 5.69 Å². The van der Waals surface area contributed by atoms with Gasteiger partial charge in [0.25, 0.3) is 0 Å². The first-order chi connectivity index (χ1) is 19.3. The van der Waals surface area contributed by atoms with Crippen LogP contribution in [0.5, 0.6) is 5.75 Å². The third-order valence-electron chi connectivity index (χ3n) is 6.42. The van der Waals surface area contributed by atoms with E-state index < -0.39 is 22.4 Å². The largest absolute Gasteiger partial charge is 0.497 e. The number of aryl methyl sites for hydroxylation is 1. The minimum Gasteiger partial charge on any atom is -0.497 e. The normalized spacial score (nSPS) is 12.9. The van der Waals surface area contributed by atoms with E-state index in [0.717, 1.165) is 11.1 Å². The number of ether oxygens (including phenoxy) is 1. The lowest BCUT2D eigenvalue weighted by Gasteiger charge is -2.30. The van der Waals surface area contributed by atoms with E-state index in [-0.39, 0.29) is 23.8 Å². The monoisotopic (exact) mass is 559 g/mol. The summed E-state index contributed by atoms with van der Waals surface area (Å²) in [5.74, 6) is 0.308. The van der Waals surface area contributed by atoms with Crippen molar-refractivity contribution >= 4 is 21.6 Å². The van der Waals surface area contributed by atoms with Gasteiger partial charge in [-0.25, -0.2) is 8.42 Å². The van der Waals surface area contributed by atoms with E-state index in [0.29, 0.717) is 17.0 Å². The Morgan fingerprint density at radius 2 is 1.43 bits per heavy atom. The average Bonchev–Trinajstić information content (AvgIpc) is 2.96. The molecule has 4 aromatic carbocycles. The van der Waals surface area contributed by atoms with Crippen molar-refractivity contribution in [3.05, 3.63) is 126 Å². The van der Waals surface area contributed by atoms with E-state index in [1.807, 2.05) is 60.7 Å². The van der Waals surface area contributed by atoms with Crippen LogP contribution in [0, 0.1) is 6.92 Å². The zero-order chi connectivity index (χ0) is 28.5. The summed E-state index contributed by atoms with van der Waals surface area (Å²) >= 11 is 0. The summed E-state index contributed by atoms with van der Waals surface area (Å²) in [6.07, 6.45) is -1.51. The van der Waals surface area contributed by atoms with Crippen LogP contribution in [0.25, 0.3) is 0 Å². The maximum Gasteiger partial charge on any atom is 0.244 e. The van der Waals surface area contributed by atoms with Crippen molar-refractivity contribution < 1.29 is 23.1 Å². The van der Waals surface area contributed by atoms with Crippen molar-refractivity contribution in [3.63, 3.8) is 0 Å². The molecule has 0 radical (unpaired) electrons.